The number of aryl methyl sites for hydroxylation is 1. The van der Waals surface area contributed by atoms with Crippen LogP contribution in [0.1, 0.15) is 12.2 Å². The van der Waals surface area contributed by atoms with Crippen molar-refractivity contribution in [2.45, 2.75) is 19.4 Å². The molecule has 0 saturated carbocycles. The Kier molecular flexibility index (Phi) is 3.00. The lowest BCUT2D eigenvalue weighted by molar-refractivity contribution is 0.138. The van der Waals surface area contributed by atoms with Gasteiger partial charge < -0.3 is 10.5 Å². The monoisotopic (exact) mass is 222 g/mol. The Morgan fingerprint density at radius 1 is 1.56 bits per heavy atom. The van der Waals surface area contributed by atoms with Crippen molar-refractivity contribution in [3.63, 3.8) is 0 Å². The summed E-state index contributed by atoms with van der Waals surface area (Å²) in [6.45, 7) is 2.82. The fourth-order valence-corrected chi connectivity index (χ4v) is 1.59. The van der Waals surface area contributed by atoms with Crippen molar-refractivity contribution < 1.29 is 9.53 Å². The van der Waals surface area contributed by atoms with Gasteiger partial charge in [-0.1, -0.05) is 0 Å². The van der Waals surface area contributed by atoms with Gasteiger partial charge >= 0.3 is 6.09 Å². The van der Waals surface area contributed by atoms with Gasteiger partial charge in [0.1, 0.15) is 11.9 Å². The maximum absolute atomic E-state index is 11.6. The highest BCUT2D eigenvalue weighted by molar-refractivity contribution is 5.89. The van der Waals surface area contributed by atoms with Crippen LogP contribution in [0.15, 0.2) is 12.4 Å². The van der Waals surface area contributed by atoms with Gasteiger partial charge in [0.25, 0.3) is 0 Å². The van der Waals surface area contributed by atoms with Crippen molar-refractivity contribution in [2.75, 3.05) is 18.0 Å². The van der Waals surface area contributed by atoms with E-state index in [1.807, 2.05) is 0 Å². The quantitative estimate of drug-likeness (QED) is 0.803. The smallest absolute Gasteiger partial charge is 0.414 e. The Hall–Kier alpha value is -1.69. The van der Waals surface area contributed by atoms with E-state index in [2.05, 4.69) is 9.97 Å². The number of anilines is 1. The van der Waals surface area contributed by atoms with E-state index in [9.17, 15) is 4.79 Å². The summed E-state index contributed by atoms with van der Waals surface area (Å²) in [5.74, 6) is 0.676. The molecule has 1 amide bonds. The summed E-state index contributed by atoms with van der Waals surface area (Å²) < 4.78 is 5.15. The third-order valence-electron chi connectivity index (χ3n) is 2.44. The van der Waals surface area contributed by atoms with Crippen molar-refractivity contribution in [3.8, 4) is 0 Å². The van der Waals surface area contributed by atoms with E-state index in [-0.39, 0.29) is 12.2 Å². The number of carbonyl (C=O) groups is 1. The second-order valence-corrected chi connectivity index (χ2v) is 3.68. The minimum atomic E-state index is -0.356. The molecule has 1 saturated heterocycles. The Morgan fingerprint density at radius 2 is 2.25 bits per heavy atom. The first-order chi connectivity index (χ1) is 7.70. The zero-order valence-corrected chi connectivity index (χ0v) is 9.09. The summed E-state index contributed by atoms with van der Waals surface area (Å²) in [5, 5.41) is 0. The lowest BCUT2D eigenvalue weighted by Crippen LogP contribution is -2.25. The molecular weight excluding hydrogens is 208 g/mol. The summed E-state index contributed by atoms with van der Waals surface area (Å²) in [5.41, 5.74) is 6.09. The van der Waals surface area contributed by atoms with Gasteiger partial charge in [-0.25, -0.2) is 14.8 Å². The molecule has 0 aromatic carbocycles. The normalized spacial score (nSPS) is 20.0. The van der Waals surface area contributed by atoms with E-state index in [1.54, 1.807) is 19.3 Å². The largest absolute Gasteiger partial charge is 0.444 e. The van der Waals surface area contributed by atoms with E-state index < -0.39 is 0 Å². The summed E-state index contributed by atoms with van der Waals surface area (Å²) in [7, 11) is 0. The minimum Gasteiger partial charge on any atom is -0.444 e. The van der Waals surface area contributed by atoms with Gasteiger partial charge in [0, 0.05) is 0 Å². The summed E-state index contributed by atoms with van der Waals surface area (Å²) in [6, 6.07) is 0. The second-order valence-electron chi connectivity index (χ2n) is 3.68. The molecular formula is C10H14N4O2. The predicted molar refractivity (Wildman–Crippen MR) is 58.1 cm³/mol. The molecule has 1 unspecified atom stereocenters. The first-order valence-corrected chi connectivity index (χ1v) is 5.17. The van der Waals surface area contributed by atoms with Crippen molar-refractivity contribution >= 4 is 11.8 Å². The Labute approximate surface area is 93.4 Å². The van der Waals surface area contributed by atoms with Crippen LogP contribution >= 0.6 is 0 Å². The van der Waals surface area contributed by atoms with Crippen molar-refractivity contribution in [3.05, 3.63) is 18.2 Å². The van der Waals surface area contributed by atoms with Gasteiger partial charge in [0.2, 0.25) is 0 Å². The molecule has 16 heavy (non-hydrogen) atoms. The number of ether oxygens (including phenoxy) is 1. The fraction of sp³-hybridized carbons (Fsp3) is 0.500. The zero-order chi connectivity index (χ0) is 11.5. The lowest BCUT2D eigenvalue weighted by Gasteiger charge is -2.11. The molecule has 6 nitrogen and oxygen atoms in total. The highest BCUT2D eigenvalue weighted by Gasteiger charge is 2.31. The average molecular weight is 222 g/mol. The van der Waals surface area contributed by atoms with Crippen LogP contribution in [0.25, 0.3) is 0 Å². The van der Waals surface area contributed by atoms with Crippen LogP contribution in [0.5, 0.6) is 0 Å². The molecule has 2 rings (SSSR count). The standard InChI is InChI=1S/C10H14N4O2/c1-7-12-4-8(5-13-7)14-6-9(2-3-11)16-10(14)15/h4-5,9H,2-3,6,11H2,1H3. The minimum absolute atomic E-state index is 0.126. The molecule has 1 atom stereocenters. The van der Waals surface area contributed by atoms with Gasteiger partial charge in [-0.2, -0.15) is 0 Å². The lowest BCUT2D eigenvalue weighted by atomic mass is 10.2. The highest BCUT2D eigenvalue weighted by atomic mass is 16.6. The van der Waals surface area contributed by atoms with Crippen molar-refractivity contribution in [2.24, 2.45) is 5.73 Å². The summed E-state index contributed by atoms with van der Waals surface area (Å²) in [4.78, 5) is 21.2. The van der Waals surface area contributed by atoms with Crippen LogP contribution in [0, 0.1) is 6.92 Å². The van der Waals surface area contributed by atoms with Gasteiger partial charge in [0.15, 0.2) is 0 Å². The van der Waals surface area contributed by atoms with Gasteiger partial charge in [-0.15, -0.1) is 0 Å². The van der Waals surface area contributed by atoms with Gasteiger partial charge in [0.05, 0.1) is 24.6 Å². The van der Waals surface area contributed by atoms with Crippen LogP contribution < -0.4 is 10.6 Å². The number of aromatic nitrogens is 2. The number of cyclic esters (lactones) is 1. The molecule has 0 aliphatic carbocycles. The topological polar surface area (TPSA) is 81.3 Å². The maximum atomic E-state index is 11.6. The summed E-state index contributed by atoms with van der Waals surface area (Å²) in [6.07, 6.45) is 3.43. The van der Waals surface area contributed by atoms with Gasteiger partial charge in [-0.05, 0) is 19.9 Å². The number of carbonyl (C=O) groups excluding carboxylic acids is 1. The van der Waals surface area contributed by atoms with E-state index in [4.69, 9.17) is 10.5 Å². The molecule has 1 aromatic heterocycles. The fourth-order valence-electron chi connectivity index (χ4n) is 1.59. The second kappa shape index (κ2) is 4.44. The molecule has 1 aliphatic heterocycles. The molecule has 1 aromatic rings. The van der Waals surface area contributed by atoms with Crippen LogP contribution in [0.2, 0.25) is 0 Å². The van der Waals surface area contributed by atoms with E-state index in [1.165, 1.54) is 4.90 Å². The summed E-state index contributed by atoms with van der Waals surface area (Å²) >= 11 is 0. The van der Waals surface area contributed by atoms with Gasteiger partial charge in [-0.3, -0.25) is 4.90 Å². The molecule has 6 heteroatoms. The Morgan fingerprint density at radius 3 is 2.88 bits per heavy atom. The number of hydrogen-bond acceptors (Lipinski definition) is 5. The molecule has 2 heterocycles. The highest BCUT2D eigenvalue weighted by Crippen LogP contribution is 2.20. The number of rotatable bonds is 3. The van der Waals surface area contributed by atoms with Crippen molar-refractivity contribution in [1.82, 2.24) is 9.97 Å². The third kappa shape index (κ3) is 2.11. The van der Waals surface area contributed by atoms with E-state index >= 15 is 0 Å². The molecule has 1 aliphatic rings. The number of nitrogens with two attached hydrogens (primary N) is 1. The average Bonchev–Trinajstić information content (AvgIpc) is 2.61. The SMILES string of the molecule is Cc1ncc(N2CC(CCN)OC2=O)cn1. The Bertz CT molecular complexity index is 379. The molecule has 0 radical (unpaired) electrons. The molecule has 0 spiro atoms. The molecule has 2 N–H and O–H groups in total. The molecule has 0 bridgehead atoms. The van der Waals surface area contributed by atoms with Crippen molar-refractivity contribution in [1.29, 1.82) is 0 Å². The molecule has 1 fully saturated rings. The first kappa shape index (κ1) is 10.8. The third-order valence-corrected chi connectivity index (χ3v) is 2.44. The number of hydrogen-bond donors (Lipinski definition) is 1. The van der Waals surface area contributed by atoms with E-state index in [0.717, 1.165) is 0 Å². The number of amides is 1. The maximum Gasteiger partial charge on any atom is 0.414 e. The zero-order valence-electron chi connectivity index (χ0n) is 9.09. The van der Waals surface area contributed by atoms with Crippen LogP contribution in [0.4, 0.5) is 10.5 Å². The first-order valence-electron chi connectivity index (χ1n) is 5.17. The molecule has 86 valence electrons. The van der Waals surface area contributed by atoms with E-state index in [0.29, 0.717) is 31.0 Å². The van der Waals surface area contributed by atoms with Crippen LogP contribution in [0.3, 0.4) is 0 Å². The number of nitrogens with zero attached hydrogens (tertiary/aromatic N) is 3. The Balaban J connectivity index is 2.10. The van der Waals surface area contributed by atoms with Crippen LogP contribution in [-0.4, -0.2) is 35.3 Å². The van der Waals surface area contributed by atoms with Crippen LogP contribution in [-0.2, 0) is 4.74 Å². The predicted octanol–water partition coefficient (Wildman–Crippen LogP) is 0.459.